The minimum atomic E-state index is 0. The third kappa shape index (κ3) is 136. The van der Waals surface area contributed by atoms with Crippen LogP contribution in [0.2, 0.25) is 0 Å². The van der Waals surface area contributed by atoms with Crippen molar-refractivity contribution in [3.63, 3.8) is 0 Å². The predicted octanol–water partition coefficient (Wildman–Crippen LogP) is 2.25. The second-order valence-corrected chi connectivity index (χ2v) is 4.28. The van der Waals surface area contributed by atoms with E-state index in [1.807, 2.05) is 4.40 Å². The zero-order valence-corrected chi connectivity index (χ0v) is 87.1. The molecular formula is C10H13W24-3. The van der Waals surface area contributed by atoms with Crippen LogP contribution in [0.5, 0.6) is 0 Å². The van der Waals surface area contributed by atoms with Gasteiger partial charge in [0.1, 0.15) is 0 Å². The Labute approximate surface area is 550 Å². The largest absolute Gasteiger partial charge is 0 e. The van der Waals surface area contributed by atoms with E-state index >= 15 is 0 Å². The van der Waals surface area contributed by atoms with Gasteiger partial charge in [0, 0.05) is 485 Å². The van der Waals surface area contributed by atoms with E-state index in [0.717, 1.165) is 11.1 Å². The van der Waals surface area contributed by atoms with Crippen molar-refractivity contribution in [1.29, 1.82) is 0 Å². The van der Waals surface area contributed by atoms with E-state index in [1.54, 1.807) is 0 Å². The first-order valence-electron chi connectivity index (χ1n) is 3.42. The monoisotopic (exact) mass is 4550 g/mol. The standard InChI is InChI=1S/C10H13.24W/c1-8(2)7-9(3)10(4,5)6;;;;;;;;;;;;;;;;;;;;;;;;/h1,3H,2H2,4-6H3;;;;;;;;;;;;;;;;;;;;;;;;/q-3;;;;;;;;;;;;;;;;;;;;;;;;. The summed E-state index contributed by atoms with van der Waals surface area (Å²) in [6, 6.07) is 0. The second-order valence-electron chi connectivity index (χ2n) is 3.43. The first kappa shape index (κ1) is 178. The summed E-state index contributed by atoms with van der Waals surface area (Å²) in [4.78, 5) is 0. The summed E-state index contributed by atoms with van der Waals surface area (Å²) in [7, 11) is 0. The fourth-order valence-corrected chi connectivity index (χ4v) is 0.602. The Balaban J connectivity index is -0.00000000198. The molecule has 0 aliphatic carbocycles. The van der Waals surface area contributed by atoms with Crippen molar-refractivity contribution in [2.45, 2.75) is 20.8 Å². The molecule has 0 aliphatic heterocycles. The van der Waals surface area contributed by atoms with Gasteiger partial charge in [-0.15, -0.1) is 0 Å². The molecule has 0 unspecified atom stereocenters. The Morgan fingerprint density at radius 2 is 0.676 bits per heavy atom. The molecule has 0 amide bonds. The average molecular weight is 4550 g/mol. The molecule has 0 aromatic carbocycles. The molecule has 0 radical (unpaired) electrons. The molecule has 0 saturated heterocycles. The molecule has 0 fully saturated rings. The maximum Gasteiger partial charge on any atom is 0 e. The van der Waals surface area contributed by atoms with Gasteiger partial charge in [-0.25, -0.2) is 0 Å². The first-order valence-corrected chi connectivity index (χ1v) is 5.11. The first-order chi connectivity index (χ1) is 4.88. The fourth-order valence-electron chi connectivity index (χ4n) is 0.390. The molecule has 34 heavy (non-hydrogen) atoms. The third-order valence-electron chi connectivity index (χ3n) is 1.25. The summed E-state index contributed by atoms with van der Waals surface area (Å²) in [5.74, 6) is 0. The molecule has 0 bridgehead atoms. The van der Waals surface area contributed by atoms with Gasteiger partial charge in [-0.1, -0.05) is 0 Å². The minimum Gasteiger partial charge on any atom is 0 e. The Morgan fingerprint density at radius 3 is 0.765 bits per heavy atom. The van der Waals surface area contributed by atoms with Crippen LogP contribution < -0.4 is 0 Å². The molecule has 0 N–H and O–H groups in total. The topological polar surface area (TPSA) is 0 Å². The van der Waals surface area contributed by atoms with Crippen LogP contribution in [-0.2, 0) is 504 Å². The maximum absolute atomic E-state index is 5.76. The third-order valence-corrected chi connectivity index (χ3v) is 2.27. The molecule has 0 saturated carbocycles. The van der Waals surface area contributed by atoms with Gasteiger partial charge in [-0.05, 0) is 0 Å². The van der Waals surface area contributed by atoms with Gasteiger partial charge < -0.3 is 0 Å². The van der Waals surface area contributed by atoms with Crippen LogP contribution in [0.3, 0.4) is 0 Å². The number of hydrogen-bond acceptors (Lipinski definition) is 0. The van der Waals surface area contributed by atoms with Crippen molar-refractivity contribution in [3.05, 3.63) is 30.7 Å². The van der Waals surface area contributed by atoms with E-state index in [1.165, 1.54) is 19.4 Å². The molecule has 0 nitrogen and oxygen atoms in total. The minimum absolute atomic E-state index is 0. The Bertz CT molecular complexity index is 216. The summed E-state index contributed by atoms with van der Waals surface area (Å²) >= 11 is 1.37. The van der Waals surface area contributed by atoms with Gasteiger partial charge in [-0.3, -0.25) is 0 Å². The van der Waals surface area contributed by atoms with Crippen LogP contribution >= 0.6 is 0 Å². The van der Waals surface area contributed by atoms with Gasteiger partial charge in [0.2, 0.25) is 0 Å². The van der Waals surface area contributed by atoms with E-state index in [-0.39, 0.29) is 490 Å². The van der Waals surface area contributed by atoms with Crippen molar-refractivity contribution in [2.75, 3.05) is 0 Å². The molecule has 0 atom stereocenters. The summed E-state index contributed by atoms with van der Waals surface area (Å²) < 4.78 is 1.97. The number of hydrogen-bond donors (Lipinski definition) is 0. The smallest absolute Gasteiger partial charge is 0 e. The van der Waals surface area contributed by atoms with E-state index in [4.69, 9.17) is 6.58 Å². The summed E-state index contributed by atoms with van der Waals surface area (Å²) in [6.45, 7) is 15.7. The van der Waals surface area contributed by atoms with Gasteiger partial charge in [0.25, 0.3) is 0 Å². The zero-order chi connectivity index (χ0) is 9.07. The maximum atomic E-state index is 5.76. The Hall–Kier alpha value is 15.7. The van der Waals surface area contributed by atoms with E-state index in [9.17, 15) is 0 Å². The summed E-state index contributed by atoms with van der Waals surface area (Å²) in [5, 5.41) is 0. The molecular weight excluding hydrogens is 4530 g/mol. The number of rotatable bonds is 2. The second kappa shape index (κ2) is 126. The number of allylic oxidation sites excluding steroid dienone is 3. The van der Waals surface area contributed by atoms with Gasteiger partial charge in [-0.2, -0.15) is 0 Å². The molecule has 0 rings (SSSR count). The van der Waals surface area contributed by atoms with Gasteiger partial charge >= 0.3 is 80.7 Å². The predicted molar refractivity (Wildman–Crippen MR) is 45.4 cm³/mol. The molecule has 0 heterocycles. The van der Waals surface area contributed by atoms with Crippen LogP contribution in [0.1, 0.15) is 20.8 Å². The SMILES string of the molecule is [CH-]=C([C-]=C([CH2-])[CH]=[W])C(C)(C)C.[W].[W].[W].[W].[W].[W].[W].[W].[W].[W].[W].[W].[W].[W].[W].[W].[W].[W].[W].[W].[W].[W].[W]. The van der Waals surface area contributed by atoms with E-state index < -0.39 is 0 Å². The molecule has 24 heteroatoms. The molecule has 0 aromatic rings. The van der Waals surface area contributed by atoms with Crippen LogP contribution in [0, 0.1) is 25.0 Å². The fraction of sp³-hybridized carbons (Fsp3) is 0.400. The van der Waals surface area contributed by atoms with Crippen LogP contribution in [0.4, 0.5) is 0 Å². The molecule has 0 aromatic heterocycles. The average Bonchev–Trinajstić information content (AvgIpc) is 1.85. The quantitative estimate of drug-likeness (QED) is 0.295. The zero-order valence-electron chi connectivity index (χ0n) is 16.7. The van der Waals surface area contributed by atoms with Crippen molar-refractivity contribution in [1.82, 2.24) is 0 Å². The van der Waals surface area contributed by atoms with Crippen molar-refractivity contribution in [3.8, 4) is 0 Å². The molecule has 200 valence electrons. The molecule has 0 aliphatic rings. The van der Waals surface area contributed by atoms with Crippen molar-refractivity contribution >= 4 is 4.40 Å². The van der Waals surface area contributed by atoms with Crippen LogP contribution in [0.15, 0.2) is 11.1 Å². The Kier molecular flexibility index (Phi) is 659. The van der Waals surface area contributed by atoms with Gasteiger partial charge in [0.05, 0.1) is 0 Å². The normalized spacial score (nSPS) is 4.15. The van der Waals surface area contributed by atoms with Gasteiger partial charge in [0.15, 0.2) is 0 Å². The van der Waals surface area contributed by atoms with Crippen molar-refractivity contribution < 1.29 is 504 Å². The molecule has 0 spiro atoms. The van der Waals surface area contributed by atoms with Crippen molar-refractivity contribution in [2.24, 2.45) is 5.41 Å². The summed E-state index contributed by atoms with van der Waals surface area (Å²) in [6.07, 6.45) is 3.03. The Morgan fingerprint density at radius 1 is 0.529 bits per heavy atom. The van der Waals surface area contributed by atoms with Crippen LogP contribution in [0.25, 0.3) is 0 Å². The van der Waals surface area contributed by atoms with E-state index in [2.05, 4.69) is 33.8 Å². The summed E-state index contributed by atoms with van der Waals surface area (Å²) in [5.41, 5.74) is 1.65. The van der Waals surface area contributed by atoms with Crippen LogP contribution in [-0.4, -0.2) is 4.40 Å². The van der Waals surface area contributed by atoms with E-state index in [0.29, 0.717) is 0 Å².